The van der Waals surface area contributed by atoms with Crippen molar-refractivity contribution in [3.8, 4) is 0 Å². The van der Waals surface area contributed by atoms with E-state index in [2.05, 4.69) is 15.9 Å². The highest BCUT2D eigenvalue weighted by Crippen LogP contribution is 1.89. The lowest BCUT2D eigenvalue weighted by molar-refractivity contribution is -0.134. The minimum Gasteiger partial charge on any atom is -0.372 e. The largest absolute Gasteiger partial charge is 0.372 e. The summed E-state index contributed by atoms with van der Waals surface area (Å²) in [7, 11) is 1.77. The molecule has 0 aromatic rings. The molecule has 11 heavy (non-hydrogen) atoms. The molecule has 0 unspecified atom stereocenters. The Kier molecular flexibility index (Phi) is 6.56. The van der Waals surface area contributed by atoms with Crippen molar-refractivity contribution in [2.45, 2.75) is 6.92 Å². The minimum absolute atomic E-state index is 0.0336. The summed E-state index contributed by atoms with van der Waals surface area (Å²) in [5, 5.41) is 0.807. The molecular weight excluding hydrogens is 210 g/mol. The van der Waals surface area contributed by atoms with Crippen LogP contribution in [0.1, 0.15) is 6.92 Å². The Morgan fingerprint density at radius 2 is 2.27 bits per heavy atom. The van der Waals surface area contributed by atoms with E-state index in [1.807, 2.05) is 6.92 Å². The number of hydrogen-bond donors (Lipinski definition) is 0. The summed E-state index contributed by atoms with van der Waals surface area (Å²) < 4.78 is 4.96. The molecule has 0 heterocycles. The first-order chi connectivity index (χ1) is 5.22. The summed E-state index contributed by atoms with van der Waals surface area (Å²) in [5.41, 5.74) is 0. The number of alkyl halides is 1. The van der Waals surface area contributed by atoms with Gasteiger partial charge in [-0.15, -0.1) is 0 Å². The summed E-state index contributed by atoms with van der Waals surface area (Å²) in [6, 6.07) is 0. The van der Waals surface area contributed by atoms with Crippen molar-refractivity contribution in [1.82, 2.24) is 4.90 Å². The van der Waals surface area contributed by atoms with Crippen LogP contribution in [0, 0.1) is 0 Å². The maximum absolute atomic E-state index is 11.1. The first-order valence-corrected chi connectivity index (χ1v) is 4.72. The molecule has 0 bridgehead atoms. The van der Waals surface area contributed by atoms with Gasteiger partial charge in [-0.25, -0.2) is 0 Å². The summed E-state index contributed by atoms with van der Waals surface area (Å²) in [5.74, 6) is 0.0336. The van der Waals surface area contributed by atoms with Crippen molar-refractivity contribution in [3.05, 3.63) is 0 Å². The first kappa shape index (κ1) is 10.9. The highest BCUT2D eigenvalue weighted by Gasteiger charge is 2.05. The van der Waals surface area contributed by atoms with Gasteiger partial charge in [0.05, 0.1) is 0 Å². The standard InChI is InChI=1S/C7H14BrNO2/c1-3-11-6-7(10)9(2)5-4-8/h3-6H2,1-2H3. The Labute approximate surface area is 75.8 Å². The fourth-order valence-corrected chi connectivity index (χ4v) is 1.08. The fraction of sp³-hybridized carbons (Fsp3) is 0.857. The third-order valence-corrected chi connectivity index (χ3v) is 1.63. The maximum atomic E-state index is 11.1. The molecule has 66 valence electrons. The molecule has 3 nitrogen and oxygen atoms in total. The van der Waals surface area contributed by atoms with Gasteiger partial charge in [0.25, 0.3) is 0 Å². The van der Waals surface area contributed by atoms with Crippen molar-refractivity contribution in [1.29, 1.82) is 0 Å². The number of halogens is 1. The third kappa shape index (κ3) is 5.21. The Balaban J connectivity index is 3.47. The van der Waals surface area contributed by atoms with E-state index in [0.29, 0.717) is 6.61 Å². The van der Waals surface area contributed by atoms with Crippen LogP contribution >= 0.6 is 15.9 Å². The van der Waals surface area contributed by atoms with Gasteiger partial charge in [0, 0.05) is 25.5 Å². The van der Waals surface area contributed by atoms with Crippen molar-refractivity contribution >= 4 is 21.8 Å². The first-order valence-electron chi connectivity index (χ1n) is 3.60. The van der Waals surface area contributed by atoms with Gasteiger partial charge >= 0.3 is 0 Å². The lowest BCUT2D eigenvalue weighted by atomic mass is 10.5. The molecule has 0 rings (SSSR count). The van der Waals surface area contributed by atoms with Crippen LogP contribution in [0.5, 0.6) is 0 Å². The number of carbonyl (C=O) groups excluding carboxylic acids is 1. The van der Waals surface area contributed by atoms with Crippen LogP contribution in [0.3, 0.4) is 0 Å². The van der Waals surface area contributed by atoms with Gasteiger partial charge < -0.3 is 9.64 Å². The molecule has 0 N–H and O–H groups in total. The van der Waals surface area contributed by atoms with Crippen LogP contribution in [0.2, 0.25) is 0 Å². The van der Waals surface area contributed by atoms with E-state index in [9.17, 15) is 4.79 Å². The Hall–Kier alpha value is -0.0900. The van der Waals surface area contributed by atoms with Crippen molar-refractivity contribution < 1.29 is 9.53 Å². The van der Waals surface area contributed by atoms with E-state index >= 15 is 0 Å². The topological polar surface area (TPSA) is 29.5 Å². The number of nitrogens with zero attached hydrogens (tertiary/aromatic N) is 1. The molecular formula is C7H14BrNO2. The van der Waals surface area contributed by atoms with Gasteiger partial charge in [0.15, 0.2) is 0 Å². The monoisotopic (exact) mass is 223 g/mol. The highest BCUT2D eigenvalue weighted by atomic mass is 79.9. The van der Waals surface area contributed by atoms with E-state index in [1.54, 1.807) is 11.9 Å². The molecule has 0 atom stereocenters. The maximum Gasteiger partial charge on any atom is 0.248 e. The summed E-state index contributed by atoms with van der Waals surface area (Å²) in [6.45, 7) is 3.39. The van der Waals surface area contributed by atoms with Crippen molar-refractivity contribution in [2.24, 2.45) is 0 Å². The van der Waals surface area contributed by atoms with Gasteiger partial charge in [-0.1, -0.05) is 15.9 Å². The zero-order valence-electron chi connectivity index (χ0n) is 6.97. The Morgan fingerprint density at radius 1 is 1.64 bits per heavy atom. The van der Waals surface area contributed by atoms with Crippen molar-refractivity contribution in [3.63, 3.8) is 0 Å². The molecule has 0 aliphatic rings. The normalized spacial score (nSPS) is 9.73. The molecule has 0 saturated heterocycles. The average Bonchev–Trinajstić information content (AvgIpc) is 2.00. The number of ether oxygens (including phenoxy) is 1. The number of hydrogen-bond acceptors (Lipinski definition) is 2. The molecule has 0 saturated carbocycles. The number of amides is 1. The lowest BCUT2D eigenvalue weighted by Crippen LogP contribution is -2.31. The average molecular weight is 224 g/mol. The van der Waals surface area contributed by atoms with E-state index in [4.69, 9.17) is 4.74 Å². The molecule has 1 amide bonds. The predicted molar refractivity (Wildman–Crippen MR) is 47.9 cm³/mol. The molecule has 0 fully saturated rings. The van der Waals surface area contributed by atoms with Gasteiger partial charge in [-0.3, -0.25) is 4.79 Å². The lowest BCUT2D eigenvalue weighted by Gasteiger charge is -2.14. The van der Waals surface area contributed by atoms with E-state index < -0.39 is 0 Å². The zero-order valence-corrected chi connectivity index (χ0v) is 8.56. The van der Waals surface area contributed by atoms with E-state index in [0.717, 1.165) is 11.9 Å². The van der Waals surface area contributed by atoms with Crippen LogP contribution < -0.4 is 0 Å². The minimum atomic E-state index is 0.0336. The Morgan fingerprint density at radius 3 is 2.73 bits per heavy atom. The van der Waals surface area contributed by atoms with Crippen LogP contribution in [-0.2, 0) is 9.53 Å². The summed E-state index contributed by atoms with van der Waals surface area (Å²) in [4.78, 5) is 12.7. The van der Waals surface area contributed by atoms with Crippen LogP contribution in [-0.4, -0.2) is 42.9 Å². The molecule has 0 aromatic heterocycles. The second kappa shape index (κ2) is 6.61. The SMILES string of the molecule is CCOCC(=O)N(C)CCBr. The molecule has 0 spiro atoms. The number of carbonyl (C=O) groups is 1. The van der Waals surface area contributed by atoms with Gasteiger partial charge in [0.2, 0.25) is 5.91 Å². The van der Waals surface area contributed by atoms with Gasteiger partial charge in [-0.2, -0.15) is 0 Å². The fourth-order valence-electron chi connectivity index (χ4n) is 0.551. The second-order valence-corrected chi connectivity index (χ2v) is 2.93. The molecule has 0 radical (unpaired) electrons. The highest BCUT2D eigenvalue weighted by molar-refractivity contribution is 9.09. The van der Waals surface area contributed by atoms with Crippen LogP contribution in [0.15, 0.2) is 0 Å². The summed E-state index contributed by atoms with van der Waals surface area (Å²) in [6.07, 6.45) is 0. The zero-order chi connectivity index (χ0) is 8.69. The quantitative estimate of drug-likeness (QED) is 0.648. The van der Waals surface area contributed by atoms with Gasteiger partial charge in [-0.05, 0) is 6.92 Å². The third-order valence-electron chi connectivity index (χ3n) is 1.28. The molecule has 0 aliphatic heterocycles. The predicted octanol–water partition coefficient (Wildman–Crippen LogP) is 0.876. The van der Waals surface area contributed by atoms with Gasteiger partial charge in [0.1, 0.15) is 6.61 Å². The molecule has 4 heteroatoms. The number of likely N-dealkylation sites (N-methyl/N-ethyl adjacent to an activating group) is 1. The number of rotatable bonds is 5. The smallest absolute Gasteiger partial charge is 0.248 e. The summed E-state index contributed by atoms with van der Waals surface area (Å²) >= 11 is 3.25. The molecule has 0 aromatic carbocycles. The van der Waals surface area contributed by atoms with Crippen LogP contribution in [0.25, 0.3) is 0 Å². The van der Waals surface area contributed by atoms with E-state index in [1.165, 1.54) is 0 Å². The Bertz CT molecular complexity index is 119. The van der Waals surface area contributed by atoms with E-state index in [-0.39, 0.29) is 12.5 Å². The van der Waals surface area contributed by atoms with Crippen LogP contribution in [0.4, 0.5) is 0 Å². The molecule has 0 aliphatic carbocycles. The second-order valence-electron chi connectivity index (χ2n) is 2.14. The van der Waals surface area contributed by atoms with Crippen molar-refractivity contribution in [2.75, 3.05) is 32.1 Å².